The highest BCUT2D eigenvalue weighted by Gasteiger charge is 2.30. The Morgan fingerprint density at radius 2 is 2.00 bits per heavy atom. The fraction of sp³-hybridized carbons (Fsp3) is 0.611. The van der Waals surface area contributed by atoms with Gasteiger partial charge in [0.05, 0.1) is 19.8 Å². The minimum Gasteiger partial charge on any atom is -0.492 e. The van der Waals surface area contributed by atoms with Gasteiger partial charge in [-0.05, 0) is 51.1 Å². The topological polar surface area (TPSA) is 97.0 Å². The van der Waals surface area contributed by atoms with Gasteiger partial charge in [0, 0.05) is 24.7 Å². The molecule has 3 rings (SSSR count). The fourth-order valence-electron chi connectivity index (χ4n) is 3.32. The largest absolute Gasteiger partial charge is 0.492 e. The van der Waals surface area contributed by atoms with Gasteiger partial charge in [0.15, 0.2) is 0 Å². The Morgan fingerprint density at radius 1 is 1.30 bits per heavy atom. The molecule has 2 saturated heterocycles. The molecule has 1 aromatic rings. The van der Waals surface area contributed by atoms with E-state index in [2.05, 4.69) is 10.6 Å². The van der Waals surface area contributed by atoms with Crippen molar-refractivity contribution in [2.75, 3.05) is 51.3 Å². The average molecular weight is 397 g/mol. The fourth-order valence-corrected chi connectivity index (χ4v) is 4.88. The summed E-state index contributed by atoms with van der Waals surface area (Å²) in [6.45, 7) is 5.14. The molecule has 0 bridgehead atoms. The summed E-state index contributed by atoms with van der Waals surface area (Å²) < 4.78 is 38.4. The van der Waals surface area contributed by atoms with Gasteiger partial charge in [-0.3, -0.25) is 4.79 Å². The van der Waals surface area contributed by atoms with Crippen molar-refractivity contribution in [3.8, 4) is 5.75 Å². The van der Waals surface area contributed by atoms with E-state index < -0.39 is 10.0 Å². The number of hydrogen-bond acceptors (Lipinski definition) is 6. The van der Waals surface area contributed by atoms with Crippen LogP contribution in [0.4, 0.5) is 5.69 Å². The molecule has 27 heavy (non-hydrogen) atoms. The van der Waals surface area contributed by atoms with Crippen LogP contribution in [0.25, 0.3) is 0 Å². The number of sulfonamides is 1. The molecule has 0 unspecified atom stereocenters. The first-order valence-corrected chi connectivity index (χ1v) is 10.8. The summed E-state index contributed by atoms with van der Waals surface area (Å²) in [4.78, 5) is 12.6. The first-order valence-electron chi connectivity index (χ1n) is 9.38. The Hall–Kier alpha value is -1.68. The summed E-state index contributed by atoms with van der Waals surface area (Å²) in [5.74, 6) is 0.163. The molecule has 0 radical (unpaired) electrons. The highest BCUT2D eigenvalue weighted by molar-refractivity contribution is 7.89. The SMILES string of the molecule is CCOc1ccc(NC(=O)C2CCNCC2)cc1S(=O)(=O)N1CCOCC1. The Bertz CT molecular complexity index is 756. The number of benzene rings is 1. The zero-order valence-corrected chi connectivity index (χ0v) is 16.4. The molecule has 9 heteroatoms. The van der Waals surface area contributed by atoms with E-state index in [-0.39, 0.29) is 16.7 Å². The second-order valence-corrected chi connectivity index (χ2v) is 8.53. The van der Waals surface area contributed by atoms with Crippen LogP contribution in [0.1, 0.15) is 19.8 Å². The number of nitrogens with one attached hydrogen (secondary N) is 2. The first-order chi connectivity index (χ1) is 13.0. The number of morpholine rings is 1. The van der Waals surface area contributed by atoms with Crippen molar-refractivity contribution in [3.63, 3.8) is 0 Å². The quantitative estimate of drug-likeness (QED) is 0.745. The first kappa shape index (κ1) is 20.1. The Balaban J connectivity index is 1.84. The zero-order chi connectivity index (χ0) is 19.3. The van der Waals surface area contributed by atoms with E-state index in [9.17, 15) is 13.2 Å². The molecule has 2 heterocycles. The van der Waals surface area contributed by atoms with Crippen LogP contribution in [0, 0.1) is 5.92 Å². The summed E-state index contributed by atoms with van der Waals surface area (Å²) in [7, 11) is -3.73. The van der Waals surface area contributed by atoms with E-state index in [0.29, 0.717) is 44.3 Å². The normalized spacial score (nSPS) is 19.6. The molecule has 1 amide bonds. The Labute approximate surface area is 160 Å². The molecule has 1 aromatic carbocycles. The third-order valence-electron chi connectivity index (χ3n) is 4.81. The highest BCUT2D eigenvalue weighted by atomic mass is 32.2. The van der Waals surface area contributed by atoms with Crippen molar-refractivity contribution in [1.82, 2.24) is 9.62 Å². The lowest BCUT2D eigenvalue weighted by molar-refractivity contribution is -0.120. The maximum Gasteiger partial charge on any atom is 0.246 e. The summed E-state index contributed by atoms with van der Waals surface area (Å²) in [5.41, 5.74) is 0.467. The van der Waals surface area contributed by atoms with Gasteiger partial charge in [-0.15, -0.1) is 0 Å². The Morgan fingerprint density at radius 3 is 2.67 bits per heavy atom. The van der Waals surface area contributed by atoms with Gasteiger partial charge in [-0.2, -0.15) is 4.31 Å². The predicted molar refractivity (Wildman–Crippen MR) is 101 cm³/mol. The van der Waals surface area contributed by atoms with Crippen LogP contribution < -0.4 is 15.4 Å². The monoisotopic (exact) mass is 397 g/mol. The minimum absolute atomic E-state index is 0.0582. The van der Waals surface area contributed by atoms with Gasteiger partial charge in [0.2, 0.25) is 15.9 Å². The average Bonchev–Trinajstić information content (AvgIpc) is 2.70. The van der Waals surface area contributed by atoms with Gasteiger partial charge in [-0.25, -0.2) is 8.42 Å². The molecule has 8 nitrogen and oxygen atoms in total. The Kier molecular flexibility index (Phi) is 6.69. The number of rotatable bonds is 6. The van der Waals surface area contributed by atoms with Crippen LogP contribution in [0.3, 0.4) is 0 Å². The maximum atomic E-state index is 13.1. The van der Waals surface area contributed by atoms with E-state index in [0.717, 1.165) is 25.9 Å². The molecule has 2 aliphatic heterocycles. The zero-order valence-electron chi connectivity index (χ0n) is 15.6. The molecule has 150 valence electrons. The van der Waals surface area contributed by atoms with Crippen LogP contribution in [0.5, 0.6) is 5.75 Å². The second kappa shape index (κ2) is 9.01. The minimum atomic E-state index is -3.73. The third kappa shape index (κ3) is 4.78. The number of anilines is 1. The van der Waals surface area contributed by atoms with Crippen LogP contribution >= 0.6 is 0 Å². The molecule has 2 N–H and O–H groups in total. The number of amides is 1. The molecule has 0 atom stereocenters. The number of carbonyl (C=O) groups excluding carboxylic acids is 1. The number of ether oxygens (including phenoxy) is 2. The van der Waals surface area contributed by atoms with Crippen LogP contribution in [0.2, 0.25) is 0 Å². The van der Waals surface area contributed by atoms with Crippen LogP contribution in [-0.2, 0) is 19.6 Å². The molecular formula is C18H27N3O5S. The lowest BCUT2D eigenvalue weighted by Gasteiger charge is -2.27. The number of nitrogens with zero attached hydrogens (tertiary/aromatic N) is 1. The van der Waals surface area contributed by atoms with Gasteiger partial charge in [0.25, 0.3) is 0 Å². The number of carbonyl (C=O) groups is 1. The van der Waals surface area contributed by atoms with Crippen molar-refractivity contribution >= 4 is 21.6 Å². The lowest BCUT2D eigenvalue weighted by Crippen LogP contribution is -2.40. The van der Waals surface area contributed by atoms with Crippen LogP contribution in [0.15, 0.2) is 23.1 Å². The van der Waals surface area contributed by atoms with Crippen molar-refractivity contribution in [2.45, 2.75) is 24.7 Å². The molecular weight excluding hydrogens is 370 g/mol. The maximum absolute atomic E-state index is 13.1. The van der Waals surface area contributed by atoms with Gasteiger partial charge < -0.3 is 20.1 Å². The molecule has 0 aromatic heterocycles. The van der Waals surface area contributed by atoms with Gasteiger partial charge in [-0.1, -0.05) is 0 Å². The summed E-state index contributed by atoms with van der Waals surface area (Å²) in [6, 6.07) is 4.78. The van der Waals surface area contributed by atoms with E-state index in [1.54, 1.807) is 19.1 Å². The highest BCUT2D eigenvalue weighted by Crippen LogP contribution is 2.31. The van der Waals surface area contributed by atoms with Crippen molar-refractivity contribution in [1.29, 1.82) is 0 Å². The molecule has 0 spiro atoms. The van der Waals surface area contributed by atoms with E-state index >= 15 is 0 Å². The predicted octanol–water partition coefficient (Wildman–Crippen LogP) is 1.04. The van der Waals surface area contributed by atoms with E-state index in [1.165, 1.54) is 10.4 Å². The van der Waals surface area contributed by atoms with Crippen molar-refractivity contribution in [2.24, 2.45) is 5.92 Å². The third-order valence-corrected chi connectivity index (χ3v) is 6.73. The van der Waals surface area contributed by atoms with Gasteiger partial charge in [0.1, 0.15) is 10.6 Å². The smallest absolute Gasteiger partial charge is 0.246 e. The van der Waals surface area contributed by atoms with Crippen molar-refractivity contribution in [3.05, 3.63) is 18.2 Å². The standard InChI is InChI=1S/C18H27N3O5S/c1-2-26-16-4-3-15(20-18(22)14-5-7-19-8-6-14)13-17(16)27(23,24)21-9-11-25-12-10-21/h3-4,13-14,19H,2,5-12H2,1H3,(H,20,22). The van der Waals surface area contributed by atoms with Gasteiger partial charge >= 0.3 is 0 Å². The van der Waals surface area contributed by atoms with Crippen LogP contribution in [-0.4, -0.2) is 64.6 Å². The molecule has 0 saturated carbocycles. The lowest BCUT2D eigenvalue weighted by atomic mass is 9.97. The molecule has 2 aliphatic rings. The van der Waals surface area contributed by atoms with E-state index in [1.807, 2.05) is 0 Å². The number of hydrogen-bond donors (Lipinski definition) is 2. The second-order valence-electron chi connectivity index (χ2n) is 6.62. The molecule has 2 fully saturated rings. The molecule has 0 aliphatic carbocycles. The summed E-state index contributed by atoms with van der Waals surface area (Å²) in [6.07, 6.45) is 1.56. The number of piperidine rings is 1. The summed E-state index contributed by atoms with van der Waals surface area (Å²) in [5, 5.41) is 6.10. The van der Waals surface area contributed by atoms with Crippen molar-refractivity contribution < 1.29 is 22.7 Å². The van der Waals surface area contributed by atoms with E-state index in [4.69, 9.17) is 9.47 Å². The summed E-state index contributed by atoms with van der Waals surface area (Å²) >= 11 is 0.